The first kappa shape index (κ1) is 23.4. The Morgan fingerprint density at radius 1 is 0.731 bits per heavy atom. The monoisotopic (exact) mass is 426 g/mol. The third kappa shape index (κ3) is 7.52. The van der Waals surface area contributed by atoms with Crippen molar-refractivity contribution in [3.63, 3.8) is 0 Å². The van der Waals surface area contributed by atoms with E-state index in [0.29, 0.717) is 0 Å². The summed E-state index contributed by atoms with van der Waals surface area (Å²) in [4.78, 5) is 0. The number of hydrogen-bond acceptors (Lipinski definition) is 0. The summed E-state index contributed by atoms with van der Waals surface area (Å²) in [5, 5.41) is 9.75. The fourth-order valence-corrected chi connectivity index (χ4v) is 2.75. The predicted octanol–water partition coefficient (Wildman–Crippen LogP) is 8.03. The number of halogens is 2. The van der Waals surface area contributed by atoms with E-state index in [9.17, 15) is 0 Å². The van der Waals surface area contributed by atoms with E-state index in [-0.39, 0.29) is 5.41 Å². The molecule has 2 aromatic rings. The van der Waals surface area contributed by atoms with E-state index in [0.717, 1.165) is 24.5 Å². The van der Waals surface area contributed by atoms with Crippen molar-refractivity contribution in [1.29, 1.82) is 0 Å². The Morgan fingerprint density at radius 2 is 1.00 bits per heavy atom. The van der Waals surface area contributed by atoms with Crippen molar-refractivity contribution in [2.45, 2.75) is 41.5 Å². The van der Waals surface area contributed by atoms with E-state index >= 15 is 0 Å². The molecule has 0 heterocycles. The molecule has 26 heavy (non-hydrogen) atoms. The zero-order chi connectivity index (χ0) is 19.7. The van der Waals surface area contributed by atoms with Gasteiger partial charge < -0.3 is 10.6 Å². The molecule has 0 amide bonds. The van der Waals surface area contributed by atoms with Crippen LogP contribution in [-0.4, -0.2) is 13.1 Å². The van der Waals surface area contributed by atoms with Gasteiger partial charge in [-0.3, -0.25) is 0 Å². The summed E-state index contributed by atoms with van der Waals surface area (Å²) in [6.07, 6.45) is 0. The van der Waals surface area contributed by atoms with Gasteiger partial charge in [0.05, 0.1) is 0 Å². The molecule has 5 heteroatoms. The van der Waals surface area contributed by atoms with Gasteiger partial charge in [-0.15, -0.1) is 24.5 Å². The van der Waals surface area contributed by atoms with Gasteiger partial charge in [0.2, 0.25) is 0 Å². The van der Waals surface area contributed by atoms with Crippen LogP contribution in [0.2, 0.25) is 0 Å². The molecule has 0 saturated carbocycles. The maximum atomic E-state index is 4.89. The number of rotatable bonds is 6. The molecule has 2 aromatic carbocycles. The molecule has 0 aliphatic heterocycles. The Bertz CT molecular complexity index is 604. The van der Waals surface area contributed by atoms with Crippen LogP contribution in [0.5, 0.6) is 0 Å². The molecule has 0 atom stereocenters. The van der Waals surface area contributed by atoms with E-state index in [2.05, 4.69) is 77.9 Å². The van der Waals surface area contributed by atoms with Crippen LogP contribution < -0.4 is 0 Å². The number of benzene rings is 2. The maximum absolute atomic E-state index is 4.89. The van der Waals surface area contributed by atoms with Gasteiger partial charge in [-0.2, -0.15) is 0 Å². The Morgan fingerprint density at radius 3 is 1.27 bits per heavy atom. The molecule has 2 nitrogen and oxygen atoms in total. The fourth-order valence-electron chi connectivity index (χ4n) is 2.75. The van der Waals surface area contributed by atoms with Crippen LogP contribution in [0.3, 0.4) is 0 Å². The van der Waals surface area contributed by atoms with Gasteiger partial charge in [0.15, 0.2) is 0 Å². The quantitative estimate of drug-likeness (QED) is 0.418. The van der Waals surface area contributed by atoms with Gasteiger partial charge in [-0.25, -0.2) is 0 Å². The second kappa shape index (κ2) is 11.2. The number of nitrogens with zero attached hydrogens (tertiary/aromatic N) is 2. The summed E-state index contributed by atoms with van der Waals surface area (Å²) >= 11 is -0.556. The first-order valence-electron chi connectivity index (χ1n) is 8.65. The van der Waals surface area contributed by atoms with Crippen LogP contribution in [0.1, 0.15) is 36.1 Å². The average Bonchev–Trinajstić information content (AvgIpc) is 2.54. The second-order valence-corrected chi connectivity index (χ2v) is 9.93. The summed E-state index contributed by atoms with van der Waals surface area (Å²) in [5.41, 5.74) is 7.28. The summed E-state index contributed by atoms with van der Waals surface area (Å²) in [6, 6.07) is 12.7. The van der Waals surface area contributed by atoms with Gasteiger partial charge >= 0.3 is 35.6 Å². The fraction of sp³-hybridized carbons (Fsp3) is 0.429. The van der Waals surface area contributed by atoms with Gasteiger partial charge in [-0.05, 0) is 27.7 Å². The molecule has 0 aliphatic carbocycles. The van der Waals surface area contributed by atoms with Gasteiger partial charge in [0.1, 0.15) is 0 Å². The molecular formula is C21H28Cl2N2Ti-2. The molecule has 0 unspecified atom stereocenters. The van der Waals surface area contributed by atoms with Crippen molar-refractivity contribution in [2.24, 2.45) is 5.41 Å². The van der Waals surface area contributed by atoms with Gasteiger partial charge in [0, 0.05) is 0 Å². The summed E-state index contributed by atoms with van der Waals surface area (Å²) < 4.78 is 0. The van der Waals surface area contributed by atoms with Crippen LogP contribution in [0.25, 0.3) is 10.6 Å². The average molecular weight is 427 g/mol. The van der Waals surface area contributed by atoms with E-state index in [1.165, 1.54) is 22.3 Å². The van der Waals surface area contributed by atoms with Crippen LogP contribution >= 0.6 is 18.6 Å². The molecule has 142 valence electrons. The van der Waals surface area contributed by atoms with Crippen LogP contribution in [0.4, 0.5) is 11.4 Å². The Kier molecular flexibility index (Phi) is 10.1. The van der Waals surface area contributed by atoms with Gasteiger partial charge in [0.25, 0.3) is 0 Å². The summed E-state index contributed by atoms with van der Waals surface area (Å²) in [7, 11) is 9.78. The minimum absolute atomic E-state index is 0.0451. The third-order valence-corrected chi connectivity index (χ3v) is 4.21. The van der Waals surface area contributed by atoms with Crippen LogP contribution in [-0.2, 0) is 17.0 Å². The van der Waals surface area contributed by atoms with Crippen molar-refractivity contribution in [2.75, 3.05) is 13.1 Å². The molecule has 0 spiro atoms. The van der Waals surface area contributed by atoms with Crippen molar-refractivity contribution >= 4 is 30.0 Å². The predicted molar refractivity (Wildman–Crippen MR) is 113 cm³/mol. The Balaban J connectivity index is 0.00000105. The molecular weight excluding hydrogens is 399 g/mol. The normalized spacial score (nSPS) is 10.6. The Hall–Kier alpha value is -0.666. The van der Waals surface area contributed by atoms with E-state index in [1.807, 2.05) is 0 Å². The topological polar surface area (TPSA) is 28.2 Å². The van der Waals surface area contributed by atoms with Crippen LogP contribution in [0, 0.1) is 33.1 Å². The molecule has 0 saturated heterocycles. The SMILES string of the molecule is Cc1cccc(C)c1[N-]CC(C)(C)C[N-]c1c(C)cccc1C.[Cl][Ti][Cl]. The minimum atomic E-state index is -0.556. The molecule has 0 N–H and O–H groups in total. The zero-order valence-electron chi connectivity index (χ0n) is 16.5. The molecule has 0 bridgehead atoms. The first-order valence-corrected chi connectivity index (χ1v) is 12.9. The molecule has 0 fully saturated rings. The first-order chi connectivity index (χ1) is 12.2. The molecule has 0 aromatic heterocycles. The summed E-state index contributed by atoms with van der Waals surface area (Å²) in [6.45, 7) is 14.5. The number of hydrogen-bond donors (Lipinski definition) is 0. The summed E-state index contributed by atoms with van der Waals surface area (Å²) in [5.74, 6) is 0. The zero-order valence-corrected chi connectivity index (χ0v) is 19.6. The third-order valence-electron chi connectivity index (χ3n) is 4.21. The van der Waals surface area contributed by atoms with Crippen LogP contribution in [0.15, 0.2) is 36.4 Å². The molecule has 2 rings (SSSR count). The van der Waals surface area contributed by atoms with Crippen molar-refractivity contribution in [3.8, 4) is 0 Å². The molecule has 0 radical (unpaired) electrons. The Labute approximate surface area is 175 Å². The van der Waals surface area contributed by atoms with Gasteiger partial charge in [-0.1, -0.05) is 77.9 Å². The van der Waals surface area contributed by atoms with E-state index < -0.39 is 17.0 Å². The molecule has 0 aliphatic rings. The number of para-hydroxylation sites is 2. The van der Waals surface area contributed by atoms with E-state index in [1.54, 1.807) is 0 Å². The van der Waals surface area contributed by atoms with Crippen molar-refractivity contribution in [1.82, 2.24) is 0 Å². The van der Waals surface area contributed by atoms with Crippen molar-refractivity contribution < 1.29 is 17.0 Å². The second-order valence-electron chi connectivity index (χ2n) is 7.35. The van der Waals surface area contributed by atoms with E-state index in [4.69, 9.17) is 29.2 Å². The number of aryl methyl sites for hydroxylation is 4. The van der Waals surface area contributed by atoms with Crippen molar-refractivity contribution in [3.05, 3.63) is 69.3 Å². The standard InChI is InChI=1S/C21H28N2.2ClH.Ti/c1-15-9-7-10-16(2)19(15)22-13-21(5,6)14-23-20-17(3)11-8-12-18(20)4;;;/h7-12H,13-14H2,1-6H3;2*1H;/q-2;;;+2/p-2.